The lowest BCUT2D eigenvalue weighted by Crippen LogP contribution is -2.07. The van der Waals surface area contributed by atoms with Gasteiger partial charge in [-0.25, -0.2) is 4.79 Å². The van der Waals surface area contributed by atoms with Crippen molar-refractivity contribution in [2.45, 2.75) is 17.6 Å². The smallest absolute Gasteiger partial charge is 0.338 e. The lowest BCUT2D eigenvalue weighted by molar-refractivity contribution is -0.385. The van der Waals surface area contributed by atoms with Crippen LogP contribution in [0.25, 0.3) is 0 Å². The standard InChI is InChI=1S/C16H16N2O5S/c1-2-23-16(19)11-3-4-12(15(9-11)18(20)21)10-24(22)14-7-5-13(17)6-8-14/h3-9H,2,10,17H2,1H3. The molecular weight excluding hydrogens is 332 g/mol. The predicted molar refractivity (Wildman–Crippen MR) is 90.0 cm³/mol. The third-order valence-electron chi connectivity index (χ3n) is 3.22. The maximum Gasteiger partial charge on any atom is 0.338 e. The highest BCUT2D eigenvalue weighted by Gasteiger charge is 2.20. The Hall–Kier alpha value is -2.74. The molecule has 8 heteroatoms. The molecule has 0 spiro atoms. The normalized spacial score (nSPS) is 11.7. The van der Waals surface area contributed by atoms with Gasteiger partial charge in [0, 0.05) is 22.2 Å². The molecule has 2 N–H and O–H groups in total. The van der Waals surface area contributed by atoms with Crippen molar-refractivity contribution in [1.29, 1.82) is 0 Å². The third kappa shape index (κ3) is 4.17. The molecular formula is C16H16N2O5S. The topological polar surface area (TPSA) is 113 Å². The first-order valence-corrected chi connectivity index (χ1v) is 8.42. The molecule has 0 saturated carbocycles. The summed E-state index contributed by atoms with van der Waals surface area (Å²) < 4.78 is 17.2. The monoisotopic (exact) mass is 348 g/mol. The van der Waals surface area contributed by atoms with Gasteiger partial charge in [-0.2, -0.15) is 0 Å². The second-order valence-electron chi connectivity index (χ2n) is 4.88. The van der Waals surface area contributed by atoms with E-state index in [9.17, 15) is 19.1 Å². The molecule has 0 aliphatic heterocycles. The van der Waals surface area contributed by atoms with Crippen molar-refractivity contribution in [1.82, 2.24) is 0 Å². The molecule has 24 heavy (non-hydrogen) atoms. The van der Waals surface area contributed by atoms with E-state index in [4.69, 9.17) is 10.5 Å². The molecule has 2 aromatic carbocycles. The van der Waals surface area contributed by atoms with Gasteiger partial charge < -0.3 is 10.5 Å². The zero-order valence-corrected chi connectivity index (χ0v) is 13.7. The highest BCUT2D eigenvalue weighted by Crippen LogP contribution is 2.24. The maximum absolute atomic E-state index is 12.4. The molecule has 0 radical (unpaired) electrons. The zero-order chi connectivity index (χ0) is 17.7. The molecule has 0 saturated heterocycles. The van der Waals surface area contributed by atoms with Crippen molar-refractivity contribution >= 4 is 28.1 Å². The number of carbonyl (C=O) groups excluding carboxylic acids is 1. The van der Waals surface area contributed by atoms with E-state index in [1.807, 2.05) is 0 Å². The van der Waals surface area contributed by atoms with E-state index in [1.54, 1.807) is 31.2 Å². The first-order chi connectivity index (χ1) is 11.4. The zero-order valence-electron chi connectivity index (χ0n) is 12.9. The Balaban J connectivity index is 2.29. The van der Waals surface area contributed by atoms with Crippen molar-refractivity contribution in [2.75, 3.05) is 12.3 Å². The fraction of sp³-hybridized carbons (Fsp3) is 0.188. The second kappa shape index (κ2) is 7.69. The average Bonchev–Trinajstić information content (AvgIpc) is 2.55. The van der Waals surface area contributed by atoms with Gasteiger partial charge in [0.05, 0.1) is 33.6 Å². The van der Waals surface area contributed by atoms with Crippen LogP contribution in [0.3, 0.4) is 0 Å². The summed E-state index contributed by atoms with van der Waals surface area (Å²) in [5.41, 5.74) is 6.23. The van der Waals surface area contributed by atoms with Crippen LogP contribution in [0.2, 0.25) is 0 Å². The van der Waals surface area contributed by atoms with Gasteiger partial charge >= 0.3 is 5.97 Å². The Labute approximate surface area is 141 Å². The molecule has 126 valence electrons. The van der Waals surface area contributed by atoms with E-state index in [2.05, 4.69) is 0 Å². The molecule has 0 fully saturated rings. The summed E-state index contributed by atoms with van der Waals surface area (Å²) in [5.74, 6) is -0.671. The molecule has 2 rings (SSSR count). The number of rotatable bonds is 6. The fourth-order valence-electron chi connectivity index (χ4n) is 2.04. The second-order valence-corrected chi connectivity index (χ2v) is 6.33. The first-order valence-electron chi connectivity index (χ1n) is 7.10. The van der Waals surface area contributed by atoms with Gasteiger partial charge in [-0.05, 0) is 37.3 Å². The Morgan fingerprint density at radius 1 is 1.25 bits per heavy atom. The SMILES string of the molecule is CCOC(=O)c1ccc(CS(=O)c2ccc(N)cc2)c([N+](=O)[O-])c1. The summed E-state index contributed by atoms with van der Waals surface area (Å²) in [7, 11) is -1.47. The minimum absolute atomic E-state index is 0.0384. The molecule has 2 aromatic rings. The number of esters is 1. The first kappa shape index (κ1) is 17.6. The maximum atomic E-state index is 12.4. The summed E-state index contributed by atoms with van der Waals surface area (Å²) in [6.07, 6.45) is 0. The van der Waals surface area contributed by atoms with E-state index in [0.717, 1.165) is 6.07 Å². The summed E-state index contributed by atoms with van der Waals surface area (Å²) >= 11 is 0. The van der Waals surface area contributed by atoms with Gasteiger partial charge in [-0.15, -0.1) is 0 Å². The van der Waals surface area contributed by atoms with Crippen molar-refractivity contribution < 1.29 is 18.7 Å². The van der Waals surface area contributed by atoms with Crippen LogP contribution in [0.1, 0.15) is 22.8 Å². The van der Waals surface area contributed by atoms with Crippen molar-refractivity contribution in [3.63, 3.8) is 0 Å². The van der Waals surface area contributed by atoms with E-state index >= 15 is 0 Å². The number of nitro groups is 1. The number of hydrogen-bond donors (Lipinski definition) is 1. The number of nitro benzene ring substituents is 1. The number of nitrogens with two attached hydrogens (primary N) is 1. The average molecular weight is 348 g/mol. The molecule has 7 nitrogen and oxygen atoms in total. The van der Waals surface area contributed by atoms with Gasteiger partial charge in [0.15, 0.2) is 0 Å². The number of nitrogen functional groups attached to an aromatic ring is 1. The van der Waals surface area contributed by atoms with Crippen LogP contribution in [0.15, 0.2) is 47.4 Å². The van der Waals surface area contributed by atoms with Crippen LogP contribution in [0.5, 0.6) is 0 Å². The summed E-state index contributed by atoms with van der Waals surface area (Å²) in [6, 6.07) is 10.5. The lowest BCUT2D eigenvalue weighted by Gasteiger charge is -2.07. The Bertz CT molecular complexity index is 790. The van der Waals surface area contributed by atoms with E-state index in [1.165, 1.54) is 12.1 Å². The Morgan fingerprint density at radius 2 is 1.92 bits per heavy atom. The van der Waals surface area contributed by atoms with Gasteiger partial charge in [0.1, 0.15) is 0 Å². The van der Waals surface area contributed by atoms with Gasteiger partial charge in [-0.1, -0.05) is 6.07 Å². The van der Waals surface area contributed by atoms with Crippen LogP contribution in [0.4, 0.5) is 11.4 Å². The number of nitrogens with zero attached hydrogens (tertiary/aromatic N) is 1. The number of anilines is 1. The van der Waals surface area contributed by atoms with Gasteiger partial charge in [0.2, 0.25) is 0 Å². The number of benzene rings is 2. The molecule has 1 unspecified atom stereocenters. The Kier molecular flexibility index (Phi) is 5.64. The number of ether oxygens (including phenoxy) is 1. The Morgan fingerprint density at radius 3 is 2.50 bits per heavy atom. The van der Waals surface area contributed by atoms with Gasteiger partial charge in [0.25, 0.3) is 5.69 Å². The largest absolute Gasteiger partial charge is 0.462 e. The van der Waals surface area contributed by atoms with Crippen molar-refractivity contribution in [3.8, 4) is 0 Å². The highest BCUT2D eigenvalue weighted by molar-refractivity contribution is 7.84. The quantitative estimate of drug-likeness (QED) is 0.372. The molecule has 0 aliphatic carbocycles. The van der Waals surface area contributed by atoms with Crippen LogP contribution >= 0.6 is 0 Å². The highest BCUT2D eigenvalue weighted by atomic mass is 32.2. The number of carbonyl (C=O) groups is 1. The van der Waals surface area contributed by atoms with E-state index < -0.39 is 21.7 Å². The van der Waals surface area contributed by atoms with Crippen LogP contribution in [0, 0.1) is 10.1 Å². The predicted octanol–water partition coefficient (Wildman–Crippen LogP) is 2.66. The molecule has 0 bridgehead atoms. The van der Waals surface area contributed by atoms with E-state index in [-0.39, 0.29) is 29.2 Å². The summed E-state index contributed by atoms with van der Waals surface area (Å²) in [4.78, 5) is 22.9. The van der Waals surface area contributed by atoms with Crippen LogP contribution < -0.4 is 5.73 Å². The molecule has 1 atom stereocenters. The van der Waals surface area contributed by atoms with E-state index in [0.29, 0.717) is 10.6 Å². The van der Waals surface area contributed by atoms with Crippen molar-refractivity contribution in [2.24, 2.45) is 0 Å². The summed E-state index contributed by atoms with van der Waals surface area (Å²) in [6.45, 7) is 1.83. The third-order valence-corrected chi connectivity index (χ3v) is 4.59. The molecule has 0 amide bonds. The van der Waals surface area contributed by atoms with Crippen molar-refractivity contribution in [3.05, 3.63) is 63.7 Å². The fourth-order valence-corrected chi connectivity index (χ4v) is 3.17. The minimum Gasteiger partial charge on any atom is -0.462 e. The van der Waals surface area contributed by atoms with Gasteiger partial charge in [-0.3, -0.25) is 14.3 Å². The molecule has 0 heterocycles. The minimum atomic E-state index is -1.47. The molecule has 0 aromatic heterocycles. The van der Waals surface area contributed by atoms with Crippen LogP contribution in [-0.4, -0.2) is 21.7 Å². The lowest BCUT2D eigenvalue weighted by atomic mass is 10.1. The number of hydrogen-bond acceptors (Lipinski definition) is 6. The van der Waals surface area contributed by atoms with Crippen LogP contribution in [-0.2, 0) is 21.3 Å². The summed E-state index contributed by atoms with van der Waals surface area (Å²) in [5, 5.41) is 11.3. The molecule has 0 aliphatic rings.